The summed E-state index contributed by atoms with van der Waals surface area (Å²) < 4.78 is 0. The lowest BCUT2D eigenvalue weighted by Gasteiger charge is -2.37. The highest BCUT2D eigenvalue weighted by atomic mass is 16.3. The highest BCUT2D eigenvalue weighted by molar-refractivity contribution is 6.07. The van der Waals surface area contributed by atoms with Gasteiger partial charge in [0.05, 0.1) is 13.2 Å². The molecule has 7 nitrogen and oxygen atoms in total. The monoisotopic (exact) mass is 304 g/mol. The summed E-state index contributed by atoms with van der Waals surface area (Å²) in [6.07, 6.45) is 4.89. The highest BCUT2D eigenvalue weighted by Gasteiger charge is 2.56. The van der Waals surface area contributed by atoms with Crippen LogP contribution in [0.5, 0.6) is 0 Å². The summed E-state index contributed by atoms with van der Waals surface area (Å²) in [7, 11) is 0. The number of aliphatic hydroxyl groups excluding tert-OH is 1. The van der Waals surface area contributed by atoms with Crippen molar-refractivity contribution in [2.75, 3.05) is 26.2 Å². The van der Waals surface area contributed by atoms with Crippen molar-refractivity contribution in [2.24, 2.45) is 5.92 Å². The number of aliphatic hydroxyl groups is 1. The number of piperidine rings is 1. The normalized spacial score (nSPS) is 26.3. The van der Waals surface area contributed by atoms with Crippen LogP contribution in [0.4, 0.5) is 4.79 Å². The lowest BCUT2D eigenvalue weighted by atomic mass is 9.74. The number of nitrogens with one attached hydrogen (secondary N) is 2. The van der Waals surface area contributed by atoms with Gasteiger partial charge < -0.3 is 15.7 Å². The second kappa shape index (κ2) is 6.02. The Morgan fingerprint density at radius 2 is 2.14 bits per heavy atom. The van der Waals surface area contributed by atoms with Gasteiger partial charge in [0.1, 0.15) is 0 Å². The van der Waals surface area contributed by atoms with Crippen LogP contribution in [0.3, 0.4) is 0 Å². The van der Waals surface area contributed by atoms with Gasteiger partial charge in [-0.25, -0.2) is 4.79 Å². The summed E-state index contributed by atoms with van der Waals surface area (Å²) in [5.74, 6) is -0.274. The number of pyridine rings is 1. The minimum absolute atomic E-state index is 0.0116. The topological polar surface area (TPSA) is 94.6 Å². The molecule has 0 spiro atoms. The Hall–Kier alpha value is -1.99. The number of carbonyl (C=O) groups excluding carboxylic acids is 2. The zero-order valence-electron chi connectivity index (χ0n) is 12.3. The predicted molar refractivity (Wildman–Crippen MR) is 78.8 cm³/mol. The van der Waals surface area contributed by atoms with Crippen molar-refractivity contribution < 1.29 is 14.7 Å². The molecule has 3 rings (SSSR count). The zero-order chi connectivity index (χ0) is 15.6. The smallest absolute Gasteiger partial charge is 0.325 e. The molecule has 0 aliphatic carbocycles. The van der Waals surface area contributed by atoms with E-state index in [4.69, 9.17) is 5.11 Å². The molecule has 1 unspecified atom stereocenters. The summed E-state index contributed by atoms with van der Waals surface area (Å²) in [4.78, 5) is 30.5. The van der Waals surface area contributed by atoms with Crippen molar-refractivity contribution in [3.63, 3.8) is 0 Å². The van der Waals surface area contributed by atoms with Gasteiger partial charge in [-0.1, -0.05) is 6.07 Å². The summed E-state index contributed by atoms with van der Waals surface area (Å²) in [5.41, 5.74) is -0.358. The van der Waals surface area contributed by atoms with E-state index in [0.29, 0.717) is 5.56 Å². The number of hydrogen-bond acceptors (Lipinski definition) is 5. The summed E-state index contributed by atoms with van der Waals surface area (Å²) >= 11 is 0. The van der Waals surface area contributed by atoms with Crippen LogP contribution in [-0.4, -0.2) is 53.2 Å². The Morgan fingerprint density at radius 3 is 2.77 bits per heavy atom. The lowest BCUT2D eigenvalue weighted by Crippen LogP contribution is -2.53. The van der Waals surface area contributed by atoms with Crippen LogP contribution in [-0.2, 0) is 10.3 Å². The SMILES string of the molecule is O=C1NC(c2cccnc2)(C2CCNCC2)C(=O)N1CCO. The predicted octanol–water partition coefficient (Wildman–Crippen LogP) is -0.179. The number of rotatable bonds is 4. The van der Waals surface area contributed by atoms with Crippen molar-refractivity contribution >= 4 is 11.9 Å². The molecule has 0 saturated carbocycles. The van der Waals surface area contributed by atoms with Crippen LogP contribution >= 0.6 is 0 Å². The van der Waals surface area contributed by atoms with Crippen LogP contribution in [0.2, 0.25) is 0 Å². The first-order valence-electron chi connectivity index (χ1n) is 7.56. The molecule has 2 aliphatic rings. The van der Waals surface area contributed by atoms with Gasteiger partial charge in [0.2, 0.25) is 0 Å². The Labute approximate surface area is 128 Å². The number of carbonyl (C=O) groups is 2. The largest absolute Gasteiger partial charge is 0.395 e. The van der Waals surface area contributed by atoms with Crippen molar-refractivity contribution in [2.45, 2.75) is 18.4 Å². The van der Waals surface area contributed by atoms with Crippen LogP contribution in [0.15, 0.2) is 24.5 Å². The first kappa shape index (κ1) is 14.9. The van der Waals surface area contributed by atoms with Gasteiger partial charge in [0, 0.05) is 18.0 Å². The van der Waals surface area contributed by atoms with Gasteiger partial charge in [0.25, 0.3) is 5.91 Å². The third kappa shape index (κ3) is 2.26. The fourth-order valence-corrected chi connectivity index (χ4v) is 3.46. The van der Waals surface area contributed by atoms with Gasteiger partial charge >= 0.3 is 6.03 Å². The molecular weight excluding hydrogens is 284 g/mol. The Balaban J connectivity index is 2.04. The van der Waals surface area contributed by atoms with Crippen molar-refractivity contribution in [3.8, 4) is 0 Å². The number of nitrogens with zero attached hydrogens (tertiary/aromatic N) is 2. The molecule has 1 aromatic heterocycles. The van der Waals surface area contributed by atoms with Crippen LogP contribution in [0.25, 0.3) is 0 Å². The van der Waals surface area contributed by atoms with Gasteiger partial charge in [0.15, 0.2) is 5.54 Å². The quantitative estimate of drug-likeness (QED) is 0.671. The first-order valence-corrected chi connectivity index (χ1v) is 7.56. The lowest BCUT2D eigenvalue weighted by molar-refractivity contribution is -0.134. The van der Waals surface area contributed by atoms with E-state index < -0.39 is 11.6 Å². The van der Waals surface area contributed by atoms with Crippen molar-refractivity contribution in [1.82, 2.24) is 20.5 Å². The Kier molecular flexibility index (Phi) is 4.08. The minimum atomic E-state index is -1.07. The molecule has 3 heterocycles. The second-order valence-electron chi connectivity index (χ2n) is 5.68. The van der Waals surface area contributed by atoms with E-state index in [1.807, 2.05) is 6.07 Å². The van der Waals surface area contributed by atoms with E-state index >= 15 is 0 Å². The Morgan fingerprint density at radius 1 is 1.36 bits per heavy atom. The van der Waals surface area contributed by atoms with E-state index in [-0.39, 0.29) is 25.0 Å². The molecule has 0 bridgehead atoms. The van der Waals surface area contributed by atoms with E-state index in [2.05, 4.69) is 15.6 Å². The molecule has 3 N–H and O–H groups in total. The molecule has 1 atom stereocenters. The number of imide groups is 1. The van der Waals surface area contributed by atoms with E-state index in [1.165, 1.54) is 0 Å². The molecule has 0 radical (unpaired) electrons. The van der Waals surface area contributed by atoms with E-state index in [0.717, 1.165) is 30.8 Å². The zero-order valence-corrected chi connectivity index (χ0v) is 12.3. The maximum absolute atomic E-state index is 13.0. The number of urea groups is 1. The number of amides is 3. The molecule has 2 saturated heterocycles. The van der Waals surface area contributed by atoms with Gasteiger partial charge in [-0.05, 0) is 37.9 Å². The van der Waals surface area contributed by atoms with Crippen LogP contribution in [0.1, 0.15) is 18.4 Å². The molecule has 1 aromatic rings. The molecule has 2 fully saturated rings. The average Bonchev–Trinajstić information content (AvgIpc) is 2.82. The Bertz CT molecular complexity index is 559. The van der Waals surface area contributed by atoms with Crippen LogP contribution in [0, 0.1) is 5.92 Å². The number of aromatic nitrogens is 1. The summed E-state index contributed by atoms with van der Waals surface area (Å²) in [5, 5.41) is 15.3. The molecule has 0 aromatic carbocycles. The minimum Gasteiger partial charge on any atom is -0.395 e. The molecular formula is C15H20N4O3. The summed E-state index contributed by atoms with van der Waals surface area (Å²) in [6, 6.07) is 3.16. The first-order chi connectivity index (χ1) is 10.7. The van der Waals surface area contributed by atoms with Gasteiger partial charge in [-0.15, -0.1) is 0 Å². The maximum Gasteiger partial charge on any atom is 0.325 e. The fourth-order valence-electron chi connectivity index (χ4n) is 3.46. The summed E-state index contributed by atoms with van der Waals surface area (Å²) in [6.45, 7) is 1.40. The van der Waals surface area contributed by atoms with E-state index in [1.54, 1.807) is 18.5 Å². The molecule has 2 aliphatic heterocycles. The van der Waals surface area contributed by atoms with Crippen molar-refractivity contribution in [3.05, 3.63) is 30.1 Å². The fraction of sp³-hybridized carbons (Fsp3) is 0.533. The van der Waals surface area contributed by atoms with Gasteiger partial charge in [-0.2, -0.15) is 0 Å². The second-order valence-corrected chi connectivity index (χ2v) is 5.68. The third-order valence-electron chi connectivity index (χ3n) is 4.52. The molecule has 118 valence electrons. The average molecular weight is 304 g/mol. The maximum atomic E-state index is 13.0. The van der Waals surface area contributed by atoms with E-state index in [9.17, 15) is 9.59 Å². The van der Waals surface area contributed by atoms with Crippen LogP contribution < -0.4 is 10.6 Å². The highest BCUT2D eigenvalue weighted by Crippen LogP contribution is 2.40. The van der Waals surface area contributed by atoms with Gasteiger partial charge in [-0.3, -0.25) is 14.7 Å². The van der Waals surface area contributed by atoms with Crippen molar-refractivity contribution in [1.29, 1.82) is 0 Å². The number of hydrogen-bond donors (Lipinski definition) is 3. The number of β-amino-alcohol motifs (C(OH)–C–C–N with tert-alkyl or cyclic N) is 1. The third-order valence-corrected chi connectivity index (χ3v) is 4.52. The standard InChI is InChI=1S/C15H20N4O3/c20-9-8-19-13(21)15(18-14(19)22,11-3-6-16-7-4-11)12-2-1-5-17-10-12/h1-2,5,10-11,16,20H,3-4,6-9H2,(H,18,22). The molecule has 3 amide bonds. The molecule has 22 heavy (non-hydrogen) atoms. The molecule has 7 heteroatoms.